The lowest BCUT2D eigenvalue weighted by Crippen LogP contribution is -2.14. The van der Waals surface area contributed by atoms with Crippen LogP contribution < -0.4 is 10.6 Å². The van der Waals surface area contributed by atoms with Crippen LogP contribution in [0.25, 0.3) is 0 Å². The monoisotopic (exact) mass is 302 g/mol. The molecular formula is C16H15O2PS. The van der Waals surface area contributed by atoms with Gasteiger partial charge in [-0.05, 0) is 10.9 Å². The molecule has 2 nitrogen and oxygen atoms in total. The molecule has 20 heavy (non-hydrogen) atoms. The first-order valence-electron chi connectivity index (χ1n) is 6.23. The van der Waals surface area contributed by atoms with Crippen molar-refractivity contribution in [3.63, 3.8) is 0 Å². The lowest BCUT2D eigenvalue weighted by molar-refractivity contribution is 0.323. The fourth-order valence-corrected chi connectivity index (χ4v) is 4.45. The summed E-state index contributed by atoms with van der Waals surface area (Å²) >= 11 is 1.29. The minimum Gasteiger partial charge on any atom is -0.395 e. The molecule has 0 atom stereocenters. The minimum atomic E-state index is -2.93. The van der Waals surface area contributed by atoms with Crippen LogP contribution in [0.3, 0.4) is 0 Å². The van der Waals surface area contributed by atoms with Gasteiger partial charge in [-0.3, -0.25) is 4.57 Å². The molecule has 0 saturated carbocycles. The highest BCUT2D eigenvalue weighted by atomic mass is 32.2. The Bertz CT molecular complexity index is 601. The Hall–Kier alpha value is -1.46. The van der Waals surface area contributed by atoms with Crippen molar-refractivity contribution in [3.05, 3.63) is 60.7 Å². The van der Waals surface area contributed by atoms with Crippen molar-refractivity contribution in [3.8, 4) is 10.9 Å². The molecule has 0 heterocycles. The maximum atomic E-state index is 13.3. The van der Waals surface area contributed by atoms with Gasteiger partial charge in [0.05, 0.1) is 6.61 Å². The molecule has 2 aromatic carbocycles. The van der Waals surface area contributed by atoms with Crippen LogP contribution in [0.15, 0.2) is 60.7 Å². The normalized spacial score (nSPS) is 10.7. The molecule has 0 aliphatic rings. The molecular weight excluding hydrogens is 287 g/mol. The van der Waals surface area contributed by atoms with Gasteiger partial charge >= 0.3 is 0 Å². The highest BCUT2D eigenvalue weighted by Crippen LogP contribution is 2.42. The number of aliphatic hydroxyl groups is 1. The quantitative estimate of drug-likeness (QED) is 0.536. The molecule has 0 saturated heterocycles. The van der Waals surface area contributed by atoms with Crippen molar-refractivity contribution >= 4 is 29.5 Å². The van der Waals surface area contributed by atoms with E-state index in [1.807, 2.05) is 60.7 Å². The zero-order chi connectivity index (χ0) is 14.3. The zero-order valence-electron chi connectivity index (χ0n) is 10.9. The summed E-state index contributed by atoms with van der Waals surface area (Å²) in [5.41, 5.74) is 2.92. The second-order valence-electron chi connectivity index (χ2n) is 4.07. The topological polar surface area (TPSA) is 37.3 Å². The highest BCUT2D eigenvalue weighted by molar-refractivity contribution is 8.04. The van der Waals surface area contributed by atoms with Crippen molar-refractivity contribution in [2.75, 3.05) is 12.4 Å². The first kappa shape index (κ1) is 14.9. The van der Waals surface area contributed by atoms with E-state index in [0.29, 0.717) is 5.75 Å². The van der Waals surface area contributed by atoms with Crippen LogP contribution in [0, 0.1) is 10.9 Å². The molecule has 0 aromatic heterocycles. The van der Waals surface area contributed by atoms with E-state index in [4.69, 9.17) is 5.11 Å². The summed E-state index contributed by atoms with van der Waals surface area (Å²) in [6.07, 6.45) is 0. The molecule has 4 heteroatoms. The maximum absolute atomic E-state index is 13.3. The predicted molar refractivity (Wildman–Crippen MR) is 87.1 cm³/mol. The Morgan fingerprint density at radius 3 is 1.90 bits per heavy atom. The second kappa shape index (κ2) is 7.36. The third-order valence-electron chi connectivity index (χ3n) is 2.71. The van der Waals surface area contributed by atoms with E-state index < -0.39 is 7.14 Å². The average Bonchev–Trinajstić information content (AvgIpc) is 2.53. The Morgan fingerprint density at radius 2 is 1.45 bits per heavy atom. The van der Waals surface area contributed by atoms with E-state index in [2.05, 4.69) is 10.9 Å². The molecule has 1 N–H and O–H groups in total. The number of benzene rings is 2. The number of hydrogen-bond donors (Lipinski definition) is 1. The lowest BCUT2D eigenvalue weighted by atomic mass is 10.4. The molecule has 2 rings (SSSR count). The van der Waals surface area contributed by atoms with Crippen LogP contribution in [-0.4, -0.2) is 17.5 Å². The molecule has 0 aliphatic heterocycles. The van der Waals surface area contributed by atoms with E-state index in [-0.39, 0.29) is 6.61 Å². The van der Waals surface area contributed by atoms with Gasteiger partial charge in [0.1, 0.15) is 0 Å². The molecule has 0 amide bonds. The summed E-state index contributed by atoms with van der Waals surface area (Å²) in [5.74, 6) is 0.524. The third-order valence-corrected chi connectivity index (χ3v) is 5.97. The SMILES string of the molecule is O=P(C#CSCCO)(c1ccccc1)c1ccccc1. The summed E-state index contributed by atoms with van der Waals surface area (Å²) in [5, 5.41) is 13.1. The fourth-order valence-electron chi connectivity index (χ4n) is 1.75. The summed E-state index contributed by atoms with van der Waals surface area (Å²) in [4.78, 5) is 0. The Morgan fingerprint density at radius 1 is 0.950 bits per heavy atom. The van der Waals surface area contributed by atoms with Crippen molar-refractivity contribution in [1.29, 1.82) is 0 Å². The Labute approximate surface area is 123 Å². The molecule has 0 radical (unpaired) electrons. The van der Waals surface area contributed by atoms with Crippen LogP contribution >= 0.6 is 18.9 Å². The van der Waals surface area contributed by atoms with E-state index in [1.54, 1.807) is 0 Å². The van der Waals surface area contributed by atoms with Gasteiger partial charge in [0.15, 0.2) is 0 Å². The summed E-state index contributed by atoms with van der Waals surface area (Å²) in [7, 11) is -2.93. The largest absolute Gasteiger partial charge is 0.395 e. The Kier molecular flexibility index (Phi) is 5.49. The van der Waals surface area contributed by atoms with E-state index in [9.17, 15) is 4.57 Å². The van der Waals surface area contributed by atoms with Crippen LogP contribution in [0.2, 0.25) is 0 Å². The number of rotatable bonds is 4. The van der Waals surface area contributed by atoms with Crippen LogP contribution in [0.5, 0.6) is 0 Å². The second-order valence-corrected chi connectivity index (χ2v) is 7.44. The molecule has 0 unspecified atom stereocenters. The summed E-state index contributed by atoms with van der Waals surface area (Å²) in [6.45, 7) is 0.0698. The lowest BCUT2D eigenvalue weighted by Gasteiger charge is -2.12. The van der Waals surface area contributed by atoms with Crippen molar-refractivity contribution in [2.24, 2.45) is 0 Å². The highest BCUT2D eigenvalue weighted by Gasteiger charge is 2.24. The number of hydrogen-bond acceptors (Lipinski definition) is 3. The van der Waals surface area contributed by atoms with Gasteiger partial charge in [0, 0.05) is 16.4 Å². The molecule has 2 aromatic rings. The van der Waals surface area contributed by atoms with Crippen LogP contribution in [0.4, 0.5) is 0 Å². The number of aliphatic hydroxyl groups excluding tert-OH is 1. The van der Waals surface area contributed by atoms with Gasteiger partial charge in [-0.1, -0.05) is 72.4 Å². The van der Waals surface area contributed by atoms with Crippen LogP contribution in [-0.2, 0) is 4.57 Å². The molecule has 0 aliphatic carbocycles. The van der Waals surface area contributed by atoms with E-state index >= 15 is 0 Å². The average molecular weight is 302 g/mol. The summed E-state index contributed by atoms with van der Waals surface area (Å²) < 4.78 is 13.3. The standard InChI is InChI=1S/C16H15O2PS/c17-11-13-20-14-12-19(18,15-7-3-1-4-8-15)16-9-5-2-6-10-16/h1-10,17H,11,13H2. The van der Waals surface area contributed by atoms with E-state index in [1.165, 1.54) is 11.8 Å². The predicted octanol–water partition coefficient (Wildman–Crippen LogP) is 2.64. The van der Waals surface area contributed by atoms with Gasteiger partial charge in [-0.25, -0.2) is 0 Å². The van der Waals surface area contributed by atoms with Crippen molar-refractivity contribution in [1.82, 2.24) is 0 Å². The van der Waals surface area contributed by atoms with Gasteiger partial charge in [-0.2, -0.15) is 0 Å². The zero-order valence-corrected chi connectivity index (χ0v) is 12.6. The molecule has 0 fully saturated rings. The van der Waals surface area contributed by atoms with Crippen LogP contribution in [0.1, 0.15) is 0 Å². The fraction of sp³-hybridized carbons (Fsp3) is 0.125. The first-order valence-corrected chi connectivity index (χ1v) is 8.93. The van der Waals surface area contributed by atoms with Gasteiger partial charge in [0.2, 0.25) is 7.14 Å². The van der Waals surface area contributed by atoms with E-state index in [0.717, 1.165) is 10.6 Å². The molecule has 102 valence electrons. The van der Waals surface area contributed by atoms with Crippen molar-refractivity contribution < 1.29 is 9.67 Å². The van der Waals surface area contributed by atoms with Gasteiger partial charge < -0.3 is 5.11 Å². The molecule has 0 bridgehead atoms. The third kappa shape index (κ3) is 3.55. The minimum absolute atomic E-state index is 0.0698. The van der Waals surface area contributed by atoms with Crippen molar-refractivity contribution in [2.45, 2.75) is 0 Å². The smallest absolute Gasteiger partial charge is 0.211 e. The molecule has 0 spiro atoms. The first-order chi connectivity index (χ1) is 9.77. The Balaban J connectivity index is 2.44. The number of thioether (sulfide) groups is 1. The maximum Gasteiger partial charge on any atom is 0.211 e. The van der Waals surface area contributed by atoms with Gasteiger partial charge in [0.25, 0.3) is 0 Å². The van der Waals surface area contributed by atoms with Gasteiger partial charge in [-0.15, -0.1) is 0 Å². The summed E-state index contributed by atoms with van der Waals surface area (Å²) in [6, 6.07) is 18.7.